The predicted molar refractivity (Wildman–Crippen MR) is 58.0 cm³/mol. The minimum Gasteiger partial charge on any atom is -0.492 e. The second-order valence-corrected chi connectivity index (χ2v) is 4.06. The molecule has 2 nitrogen and oxygen atoms in total. The molecular formula is C12H17NO. The molecule has 1 unspecified atom stereocenters. The topological polar surface area (TPSA) is 21.3 Å². The number of nitrogens with one attached hydrogen (secondary N) is 1. The van der Waals surface area contributed by atoms with E-state index in [0.717, 1.165) is 18.8 Å². The Morgan fingerprint density at radius 2 is 2.14 bits per heavy atom. The van der Waals surface area contributed by atoms with Crippen molar-refractivity contribution in [1.82, 2.24) is 5.32 Å². The van der Waals surface area contributed by atoms with Crippen LogP contribution in [0.2, 0.25) is 0 Å². The molecule has 1 heterocycles. The number of rotatable bonds is 1. The van der Waals surface area contributed by atoms with Gasteiger partial charge in [-0.05, 0) is 50.1 Å². The van der Waals surface area contributed by atoms with Gasteiger partial charge in [-0.1, -0.05) is 6.07 Å². The van der Waals surface area contributed by atoms with Crippen molar-refractivity contribution in [2.45, 2.75) is 26.3 Å². The van der Waals surface area contributed by atoms with E-state index in [-0.39, 0.29) is 0 Å². The van der Waals surface area contributed by atoms with Gasteiger partial charge in [0.05, 0.1) is 0 Å². The van der Waals surface area contributed by atoms with Crippen LogP contribution in [0.15, 0.2) is 12.1 Å². The first kappa shape index (κ1) is 9.53. The SMILES string of the molecule is CNC1COc2cc(C)cc(C)c2C1. The van der Waals surface area contributed by atoms with Gasteiger partial charge in [-0.15, -0.1) is 0 Å². The van der Waals surface area contributed by atoms with Crippen LogP contribution in [-0.2, 0) is 6.42 Å². The van der Waals surface area contributed by atoms with Gasteiger partial charge in [0.25, 0.3) is 0 Å². The van der Waals surface area contributed by atoms with Gasteiger partial charge in [0.2, 0.25) is 0 Å². The van der Waals surface area contributed by atoms with Crippen molar-refractivity contribution in [2.24, 2.45) is 0 Å². The summed E-state index contributed by atoms with van der Waals surface area (Å²) in [5.74, 6) is 1.08. The van der Waals surface area contributed by atoms with Crippen molar-refractivity contribution < 1.29 is 4.74 Å². The summed E-state index contributed by atoms with van der Waals surface area (Å²) in [6, 6.07) is 4.82. The molecule has 0 saturated carbocycles. The second-order valence-electron chi connectivity index (χ2n) is 4.06. The van der Waals surface area contributed by atoms with Crippen LogP contribution in [0.5, 0.6) is 5.75 Å². The standard InChI is InChI=1S/C12H17NO/c1-8-4-9(2)11-6-10(13-3)7-14-12(11)5-8/h4-5,10,13H,6-7H2,1-3H3. The van der Waals surface area contributed by atoms with E-state index in [1.165, 1.54) is 16.7 Å². The average Bonchev–Trinajstić information content (AvgIpc) is 2.17. The summed E-state index contributed by atoms with van der Waals surface area (Å²) >= 11 is 0. The third kappa shape index (κ3) is 1.62. The van der Waals surface area contributed by atoms with Gasteiger partial charge in [0.1, 0.15) is 12.4 Å². The Balaban J connectivity index is 2.37. The maximum Gasteiger partial charge on any atom is 0.123 e. The third-order valence-corrected chi connectivity index (χ3v) is 2.88. The van der Waals surface area contributed by atoms with Crippen LogP contribution >= 0.6 is 0 Å². The van der Waals surface area contributed by atoms with E-state index in [2.05, 4.69) is 31.3 Å². The van der Waals surface area contributed by atoms with E-state index in [1.807, 2.05) is 7.05 Å². The van der Waals surface area contributed by atoms with Crippen molar-refractivity contribution in [3.05, 3.63) is 28.8 Å². The molecule has 0 aromatic heterocycles. The molecule has 0 amide bonds. The number of hydrogen-bond donors (Lipinski definition) is 1. The zero-order chi connectivity index (χ0) is 10.1. The Kier molecular flexibility index (Phi) is 2.46. The first-order valence-electron chi connectivity index (χ1n) is 5.11. The summed E-state index contributed by atoms with van der Waals surface area (Å²) in [6.07, 6.45) is 1.08. The largest absolute Gasteiger partial charge is 0.492 e. The third-order valence-electron chi connectivity index (χ3n) is 2.88. The summed E-state index contributed by atoms with van der Waals surface area (Å²) in [4.78, 5) is 0. The summed E-state index contributed by atoms with van der Waals surface area (Å²) < 4.78 is 5.73. The Morgan fingerprint density at radius 1 is 1.36 bits per heavy atom. The smallest absolute Gasteiger partial charge is 0.123 e. The number of fused-ring (bicyclic) bond motifs is 1. The van der Waals surface area contributed by atoms with E-state index >= 15 is 0 Å². The minimum absolute atomic E-state index is 0.462. The first-order chi connectivity index (χ1) is 6.70. The van der Waals surface area contributed by atoms with Crippen LogP contribution in [-0.4, -0.2) is 19.7 Å². The molecule has 1 aromatic rings. The molecule has 0 saturated heterocycles. The van der Waals surface area contributed by atoms with Crippen molar-refractivity contribution in [3.8, 4) is 5.75 Å². The molecular weight excluding hydrogens is 174 g/mol. The van der Waals surface area contributed by atoms with E-state index in [4.69, 9.17) is 4.74 Å². The predicted octanol–water partition coefficient (Wildman–Crippen LogP) is 1.83. The molecule has 0 bridgehead atoms. The highest BCUT2D eigenvalue weighted by Gasteiger charge is 2.19. The Hall–Kier alpha value is -1.02. The molecule has 0 fully saturated rings. The maximum absolute atomic E-state index is 5.73. The number of ether oxygens (including phenoxy) is 1. The quantitative estimate of drug-likeness (QED) is 0.731. The highest BCUT2D eigenvalue weighted by Crippen LogP contribution is 2.28. The summed E-state index contributed by atoms with van der Waals surface area (Å²) in [7, 11) is 1.99. The van der Waals surface area contributed by atoms with Crippen LogP contribution in [0.1, 0.15) is 16.7 Å². The Labute approximate surface area is 85.3 Å². The molecule has 2 rings (SSSR count). The summed E-state index contributed by atoms with van der Waals surface area (Å²) in [6.45, 7) is 5.06. The van der Waals surface area contributed by atoms with E-state index in [1.54, 1.807) is 0 Å². The number of likely N-dealkylation sites (N-methyl/N-ethyl adjacent to an activating group) is 1. The fourth-order valence-corrected chi connectivity index (χ4v) is 2.03. The van der Waals surface area contributed by atoms with Crippen molar-refractivity contribution in [3.63, 3.8) is 0 Å². The second kappa shape index (κ2) is 3.62. The summed E-state index contributed by atoms with van der Waals surface area (Å²) in [5.41, 5.74) is 3.99. The molecule has 1 atom stereocenters. The van der Waals surface area contributed by atoms with Gasteiger partial charge in [-0.3, -0.25) is 0 Å². The maximum atomic E-state index is 5.73. The lowest BCUT2D eigenvalue weighted by molar-refractivity contribution is 0.245. The molecule has 2 heteroatoms. The fourth-order valence-electron chi connectivity index (χ4n) is 2.03. The molecule has 1 aliphatic rings. The fraction of sp³-hybridized carbons (Fsp3) is 0.500. The lowest BCUT2D eigenvalue weighted by atomic mass is 9.96. The van der Waals surface area contributed by atoms with Gasteiger partial charge in [0.15, 0.2) is 0 Å². The van der Waals surface area contributed by atoms with Gasteiger partial charge >= 0.3 is 0 Å². The number of benzene rings is 1. The zero-order valence-corrected chi connectivity index (χ0v) is 9.05. The molecule has 0 radical (unpaired) electrons. The highest BCUT2D eigenvalue weighted by molar-refractivity contribution is 5.44. The van der Waals surface area contributed by atoms with E-state index < -0.39 is 0 Å². The van der Waals surface area contributed by atoms with E-state index in [0.29, 0.717) is 6.04 Å². The lowest BCUT2D eigenvalue weighted by Gasteiger charge is -2.26. The highest BCUT2D eigenvalue weighted by atomic mass is 16.5. The zero-order valence-electron chi connectivity index (χ0n) is 9.05. The molecule has 1 N–H and O–H groups in total. The average molecular weight is 191 g/mol. The monoisotopic (exact) mass is 191 g/mol. The van der Waals surface area contributed by atoms with Crippen LogP contribution in [0.4, 0.5) is 0 Å². The Bertz CT molecular complexity index is 346. The van der Waals surface area contributed by atoms with Crippen molar-refractivity contribution >= 4 is 0 Å². The van der Waals surface area contributed by atoms with Crippen LogP contribution < -0.4 is 10.1 Å². The van der Waals surface area contributed by atoms with Gasteiger partial charge in [0, 0.05) is 6.04 Å². The van der Waals surface area contributed by atoms with Crippen LogP contribution in [0, 0.1) is 13.8 Å². The number of aryl methyl sites for hydroxylation is 2. The lowest BCUT2D eigenvalue weighted by Crippen LogP contribution is -2.37. The first-order valence-corrected chi connectivity index (χ1v) is 5.11. The summed E-state index contributed by atoms with van der Waals surface area (Å²) in [5, 5.41) is 3.26. The molecule has 1 aromatic carbocycles. The van der Waals surface area contributed by atoms with Gasteiger partial charge in [-0.2, -0.15) is 0 Å². The molecule has 0 aliphatic carbocycles. The van der Waals surface area contributed by atoms with E-state index in [9.17, 15) is 0 Å². The number of hydrogen-bond acceptors (Lipinski definition) is 2. The van der Waals surface area contributed by atoms with Crippen molar-refractivity contribution in [2.75, 3.05) is 13.7 Å². The molecule has 14 heavy (non-hydrogen) atoms. The normalized spacial score (nSPS) is 20.1. The molecule has 0 spiro atoms. The van der Waals surface area contributed by atoms with Gasteiger partial charge < -0.3 is 10.1 Å². The Morgan fingerprint density at radius 3 is 2.86 bits per heavy atom. The minimum atomic E-state index is 0.462. The van der Waals surface area contributed by atoms with Crippen molar-refractivity contribution in [1.29, 1.82) is 0 Å². The molecule has 1 aliphatic heterocycles. The molecule has 76 valence electrons. The van der Waals surface area contributed by atoms with Gasteiger partial charge in [-0.25, -0.2) is 0 Å². The van der Waals surface area contributed by atoms with Crippen LogP contribution in [0.25, 0.3) is 0 Å². The van der Waals surface area contributed by atoms with Crippen LogP contribution in [0.3, 0.4) is 0 Å².